The summed E-state index contributed by atoms with van der Waals surface area (Å²) in [5.74, 6) is 0.665. The molecule has 1 aliphatic rings. The third kappa shape index (κ3) is 3.22. The van der Waals surface area contributed by atoms with Gasteiger partial charge in [0, 0.05) is 13.1 Å². The van der Waals surface area contributed by atoms with Gasteiger partial charge in [-0.05, 0) is 37.1 Å². The lowest BCUT2D eigenvalue weighted by Gasteiger charge is -2.29. The fourth-order valence-electron chi connectivity index (χ4n) is 3.20. The largest absolute Gasteiger partial charge is 0.493 e. The van der Waals surface area contributed by atoms with Crippen LogP contribution in [0.4, 0.5) is 6.01 Å². The van der Waals surface area contributed by atoms with E-state index in [1.54, 1.807) is 19.2 Å². The monoisotopic (exact) mass is 352 g/mol. The Morgan fingerprint density at radius 2 is 1.77 bits per heavy atom. The maximum absolute atomic E-state index is 12.5. The molecule has 26 heavy (non-hydrogen) atoms. The molecule has 0 amide bonds. The summed E-state index contributed by atoms with van der Waals surface area (Å²) in [6.07, 6.45) is 1.40. The van der Waals surface area contributed by atoms with Crippen molar-refractivity contribution in [2.45, 2.75) is 12.8 Å². The number of para-hydroxylation sites is 4. The Hall–Kier alpha value is -3.02. The fourth-order valence-corrected chi connectivity index (χ4v) is 3.20. The van der Waals surface area contributed by atoms with Crippen LogP contribution in [0.5, 0.6) is 11.5 Å². The second kappa shape index (κ2) is 7.07. The van der Waals surface area contributed by atoms with Crippen molar-refractivity contribution in [2.75, 3.05) is 25.1 Å². The van der Waals surface area contributed by atoms with Gasteiger partial charge >= 0.3 is 5.97 Å². The Morgan fingerprint density at radius 1 is 1.08 bits per heavy atom. The second-order valence-corrected chi connectivity index (χ2v) is 6.30. The number of oxazole rings is 1. The highest BCUT2D eigenvalue weighted by Crippen LogP contribution is 2.30. The van der Waals surface area contributed by atoms with Crippen LogP contribution in [0, 0.1) is 5.92 Å². The van der Waals surface area contributed by atoms with E-state index in [-0.39, 0.29) is 11.9 Å². The number of benzene rings is 2. The minimum atomic E-state index is -0.216. The quantitative estimate of drug-likeness (QED) is 0.527. The van der Waals surface area contributed by atoms with E-state index in [9.17, 15) is 4.79 Å². The number of hydrogen-bond donors (Lipinski definition) is 0. The van der Waals surface area contributed by atoms with Gasteiger partial charge in [0.05, 0.1) is 13.0 Å². The van der Waals surface area contributed by atoms with Crippen LogP contribution < -0.4 is 14.4 Å². The number of carbonyl (C=O) groups excluding carboxylic acids is 1. The van der Waals surface area contributed by atoms with E-state index in [2.05, 4.69) is 9.88 Å². The lowest BCUT2D eigenvalue weighted by Crippen LogP contribution is -2.37. The van der Waals surface area contributed by atoms with Crippen molar-refractivity contribution in [1.82, 2.24) is 4.98 Å². The number of methoxy groups -OCH3 is 1. The number of piperidine rings is 1. The standard InChI is InChI=1S/C20H20N2O4/c1-24-17-8-4-5-9-18(17)25-19(23)14-10-12-22(13-11-14)20-21-15-6-2-3-7-16(15)26-20/h2-9,14H,10-13H2,1H3. The van der Waals surface area contributed by atoms with Gasteiger partial charge in [0.2, 0.25) is 0 Å². The Labute approximate surface area is 151 Å². The zero-order chi connectivity index (χ0) is 17.9. The molecule has 6 nitrogen and oxygen atoms in total. The molecule has 1 aliphatic heterocycles. The minimum Gasteiger partial charge on any atom is -0.493 e. The van der Waals surface area contributed by atoms with Crippen molar-refractivity contribution in [3.63, 3.8) is 0 Å². The van der Waals surface area contributed by atoms with E-state index in [0.29, 0.717) is 43.4 Å². The van der Waals surface area contributed by atoms with Crippen LogP contribution in [0.1, 0.15) is 12.8 Å². The number of nitrogens with zero attached hydrogens (tertiary/aromatic N) is 2. The third-order valence-electron chi connectivity index (χ3n) is 4.66. The zero-order valence-corrected chi connectivity index (χ0v) is 14.6. The maximum Gasteiger partial charge on any atom is 0.314 e. The lowest BCUT2D eigenvalue weighted by molar-refractivity contribution is -0.139. The number of anilines is 1. The Balaban J connectivity index is 1.39. The summed E-state index contributed by atoms with van der Waals surface area (Å²) in [7, 11) is 1.56. The molecule has 1 aromatic heterocycles. The normalized spacial score (nSPS) is 15.2. The van der Waals surface area contributed by atoms with Crippen LogP contribution in [0.15, 0.2) is 52.9 Å². The van der Waals surface area contributed by atoms with Gasteiger partial charge in [-0.25, -0.2) is 0 Å². The molecule has 1 fully saturated rings. The van der Waals surface area contributed by atoms with Crippen LogP contribution >= 0.6 is 0 Å². The average Bonchev–Trinajstić information content (AvgIpc) is 3.13. The number of fused-ring (bicyclic) bond motifs is 1. The summed E-state index contributed by atoms with van der Waals surface area (Å²) in [4.78, 5) is 19.1. The van der Waals surface area contributed by atoms with Gasteiger partial charge < -0.3 is 18.8 Å². The van der Waals surface area contributed by atoms with Crippen molar-refractivity contribution in [2.24, 2.45) is 5.92 Å². The van der Waals surface area contributed by atoms with Crippen molar-refractivity contribution in [1.29, 1.82) is 0 Å². The molecular weight excluding hydrogens is 332 g/mol. The highest BCUT2D eigenvalue weighted by Gasteiger charge is 2.29. The third-order valence-corrected chi connectivity index (χ3v) is 4.66. The van der Waals surface area contributed by atoms with Gasteiger partial charge in [-0.1, -0.05) is 24.3 Å². The molecule has 0 saturated carbocycles. The number of aromatic nitrogens is 1. The van der Waals surface area contributed by atoms with E-state index < -0.39 is 0 Å². The Bertz CT molecular complexity index is 880. The summed E-state index contributed by atoms with van der Waals surface area (Å²) in [6, 6.07) is 15.5. The highest BCUT2D eigenvalue weighted by atomic mass is 16.6. The number of rotatable bonds is 4. The lowest BCUT2D eigenvalue weighted by atomic mass is 9.97. The molecule has 0 aliphatic carbocycles. The maximum atomic E-state index is 12.5. The molecule has 0 spiro atoms. The molecule has 2 heterocycles. The van der Waals surface area contributed by atoms with Gasteiger partial charge in [-0.15, -0.1) is 0 Å². The average molecular weight is 352 g/mol. The van der Waals surface area contributed by atoms with Crippen molar-refractivity contribution < 1.29 is 18.7 Å². The molecular formula is C20H20N2O4. The summed E-state index contributed by atoms with van der Waals surface area (Å²) in [5, 5.41) is 0. The van der Waals surface area contributed by atoms with Crippen LogP contribution in [0.2, 0.25) is 0 Å². The van der Waals surface area contributed by atoms with Crippen molar-refractivity contribution >= 4 is 23.1 Å². The fraction of sp³-hybridized carbons (Fsp3) is 0.300. The molecule has 0 radical (unpaired) electrons. The van der Waals surface area contributed by atoms with Crippen molar-refractivity contribution in [3.05, 3.63) is 48.5 Å². The molecule has 134 valence electrons. The molecule has 1 saturated heterocycles. The van der Waals surface area contributed by atoms with Crippen LogP contribution in [-0.2, 0) is 4.79 Å². The molecule has 2 aromatic carbocycles. The van der Waals surface area contributed by atoms with E-state index in [1.807, 2.05) is 36.4 Å². The van der Waals surface area contributed by atoms with E-state index >= 15 is 0 Å². The van der Waals surface area contributed by atoms with E-state index in [4.69, 9.17) is 13.9 Å². The number of hydrogen-bond acceptors (Lipinski definition) is 6. The molecule has 4 rings (SSSR count). The summed E-state index contributed by atoms with van der Waals surface area (Å²) in [6.45, 7) is 1.41. The minimum absolute atomic E-state index is 0.138. The first-order valence-corrected chi connectivity index (χ1v) is 8.70. The molecule has 0 N–H and O–H groups in total. The summed E-state index contributed by atoms with van der Waals surface area (Å²) < 4.78 is 16.6. The Kier molecular flexibility index (Phi) is 4.48. The summed E-state index contributed by atoms with van der Waals surface area (Å²) >= 11 is 0. The molecule has 6 heteroatoms. The molecule has 3 aromatic rings. The molecule has 0 unspecified atom stereocenters. The molecule has 0 atom stereocenters. The first-order chi connectivity index (χ1) is 12.7. The van der Waals surface area contributed by atoms with Crippen molar-refractivity contribution in [3.8, 4) is 11.5 Å². The van der Waals surface area contributed by atoms with Gasteiger partial charge in [-0.3, -0.25) is 4.79 Å². The Morgan fingerprint density at radius 3 is 2.50 bits per heavy atom. The van der Waals surface area contributed by atoms with Gasteiger partial charge in [-0.2, -0.15) is 4.98 Å². The first kappa shape index (κ1) is 16.4. The number of carbonyl (C=O) groups is 1. The van der Waals surface area contributed by atoms with Crippen LogP contribution in [0.3, 0.4) is 0 Å². The van der Waals surface area contributed by atoms with Crippen LogP contribution in [-0.4, -0.2) is 31.2 Å². The van der Waals surface area contributed by atoms with Crippen LogP contribution in [0.25, 0.3) is 11.1 Å². The smallest absolute Gasteiger partial charge is 0.314 e. The zero-order valence-electron chi connectivity index (χ0n) is 14.6. The van der Waals surface area contributed by atoms with Gasteiger partial charge in [0.15, 0.2) is 17.1 Å². The first-order valence-electron chi connectivity index (χ1n) is 8.70. The van der Waals surface area contributed by atoms with E-state index in [0.717, 1.165) is 11.1 Å². The second-order valence-electron chi connectivity index (χ2n) is 6.30. The van der Waals surface area contributed by atoms with Gasteiger partial charge in [0.25, 0.3) is 6.01 Å². The number of ether oxygens (including phenoxy) is 2. The highest BCUT2D eigenvalue weighted by molar-refractivity contribution is 5.77. The number of esters is 1. The molecule has 0 bridgehead atoms. The van der Waals surface area contributed by atoms with E-state index in [1.165, 1.54) is 0 Å². The van der Waals surface area contributed by atoms with Gasteiger partial charge in [0.1, 0.15) is 5.52 Å². The predicted octanol–water partition coefficient (Wildman–Crippen LogP) is 3.66. The predicted molar refractivity (Wildman–Crippen MR) is 97.6 cm³/mol. The summed E-state index contributed by atoms with van der Waals surface area (Å²) in [5.41, 5.74) is 1.63. The topological polar surface area (TPSA) is 64.8 Å². The SMILES string of the molecule is COc1ccccc1OC(=O)C1CCN(c2nc3ccccc3o2)CC1.